The van der Waals surface area contributed by atoms with Crippen molar-refractivity contribution in [3.05, 3.63) is 47.6 Å². The van der Waals surface area contributed by atoms with E-state index in [1.165, 1.54) is 11.0 Å². The van der Waals surface area contributed by atoms with Crippen molar-refractivity contribution < 1.29 is 18.7 Å². The van der Waals surface area contributed by atoms with E-state index < -0.39 is 17.7 Å². The minimum absolute atomic E-state index is 0.317. The number of rotatable bonds is 4. The van der Waals surface area contributed by atoms with Crippen LogP contribution in [-0.2, 0) is 9.53 Å². The van der Waals surface area contributed by atoms with E-state index in [-0.39, 0.29) is 11.0 Å². The van der Waals surface area contributed by atoms with E-state index in [0.29, 0.717) is 41.6 Å². The zero-order chi connectivity index (χ0) is 22.9. The second kappa shape index (κ2) is 8.74. The SMILES string of the molecule is CC(C)(C)OC(=O)N1CCC[C@@H]1C(=O)Nc1nc(-c2ccc(F)s2)[nH]c1-c1ccccc1. The molecular formula is C23H25FN4O3S. The minimum Gasteiger partial charge on any atom is -0.444 e. The molecule has 1 aliphatic rings. The normalized spacial score (nSPS) is 16.2. The Balaban J connectivity index is 1.61. The van der Waals surface area contributed by atoms with E-state index in [1.807, 2.05) is 30.3 Å². The van der Waals surface area contributed by atoms with Crippen LogP contribution in [0.4, 0.5) is 15.0 Å². The third-order valence-electron chi connectivity index (χ3n) is 5.00. The molecule has 0 spiro atoms. The molecule has 2 N–H and O–H groups in total. The predicted octanol–water partition coefficient (Wildman–Crippen LogP) is 5.28. The maximum atomic E-state index is 13.6. The summed E-state index contributed by atoms with van der Waals surface area (Å²) in [5.74, 6) is 0.463. The molecule has 1 aromatic carbocycles. The molecule has 1 saturated heterocycles. The Morgan fingerprint density at radius 2 is 1.97 bits per heavy atom. The Hall–Kier alpha value is -3.20. The van der Waals surface area contributed by atoms with Gasteiger partial charge in [0.2, 0.25) is 5.91 Å². The first kappa shape index (κ1) is 22.0. The second-order valence-electron chi connectivity index (χ2n) is 8.60. The second-order valence-corrected chi connectivity index (χ2v) is 9.63. The number of nitrogens with one attached hydrogen (secondary N) is 2. The highest BCUT2D eigenvalue weighted by Crippen LogP contribution is 2.33. The number of hydrogen-bond donors (Lipinski definition) is 2. The summed E-state index contributed by atoms with van der Waals surface area (Å²) in [5.41, 5.74) is 0.799. The number of ether oxygens (including phenoxy) is 1. The molecular weight excluding hydrogens is 431 g/mol. The molecule has 0 saturated carbocycles. The number of hydrogen-bond acceptors (Lipinski definition) is 5. The van der Waals surface area contributed by atoms with Crippen LogP contribution in [0.2, 0.25) is 0 Å². The van der Waals surface area contributed by atoms with Crippen LogP contribution in [-0.4, -0.2) is 45.1 Å². The van der Waals surface area contributed by atoms with E-state index in [1.54, 1.807) is 26.8 Å². The number of halogens is 1. The number of aromatic amines is 1. The lowest BCUT2D eigenvalue weighted by molar-refractivity contribution is -0.120. The topological polar surface area (TPSA) is 87.3 Å². The summed E-state index contributed by atoms with van der Waals surface area (Å²) in [6, 6.07) is 11.8. The number of H-pyrrole nitrogens is 1. The van der Waals surface area contributed by atoms with E-state index in [4.69, 9.17) is 4.74 Å². The summed E-state index contributed by atoms with van der Waals surface area (Å²) in [7, 11) is 0. The van der Waals surface area contributed by atoms with E-state index in [0.717, 1.165) is 16.9 Å². The van der Waals surface area contributed by atoms with Crippen molar-refractivity contribution in [3.8, 4) is 22.0 Å². The maximum absolute atomic E-state index is 13.6. The lowest BCUT2D eigenvalue weighted by Gasteiger charge is -2.27. The van der Waals surface area contributed by atoms with Gasteiger partial charge in [-0.25, -0.2) is 9.78 Å². The quantitative estimate of drug-likeness (QED) is 0.559. The number of benzene rings is 1. The van der Waals surface area contributed by atoms with Crippen LogP contribution >= 0.6 is 11.3 Å². The van der Waals surface area contributed by atoms with Crippen LogP contribution in [0.15, 0.2) is 42.5 Å². The number of carbonyl (C=O) groups is 2. The number of likely N-dealkylation sites (tertiary alicyclic amines) is 1. The predicted molar refractivity (Wildman–Crippen MR) is 122 cm³/mol. The fourth-order valence-corrected chi connectivity index (χ4v) is 4.29. The van der Waals surface area contributed by atoms with Crippen molar-refractivity contribution in [1.29, 1.82) is 0 Å². The van der Waals surface area contributed by atoms with Gasteiger partial charge in [0.15, 0.2) is 16.8 Å². The van der Waals surface area contributed by atoms with Crippen LogP contribution in [0.3, 0.4) is 0 Å². The highest BCUT2D eigenvalue weighted by atomic mass is 32.1. The molecule has 0 unspecified atom stereocenters. The van der Waals surface area contributed by atoms with Gasteiger partial charge in [0.25, 0.3) is 0 Å². The molecule has 4 rings (SSSR count). The summed E-state index contributed by atoms with van der Waals surface area (Å²) < 4.78 is 19.0. The van der Waals surface area contributed by atoms with Crippen molar-refractivity contribution in [1.82, 2.24) is 14.9 Å². The summed E-state index contributed by atoms with van der Waals surface area (Å²) in [5, 5.41) is 2.56. The smallest absolute Gasteiger partial charge is 0.410 e. The zero-order valence-electron chi connectivity index (χ0n) is 18.1. The van der Waals surface area contributed by atoms with Gasteiger partial charge >= 0.3 is 6.09 Å². The van der Waals surface area contributed by atoms with Gasteiger partial charge < -0.3 is 15.0 Å². The molecule has 0 radical (unpaired) electrons. The van der Waals surface area contributed by atoms with Crippen LogP contribution in [0.1, 0.15) is 33.6 Å². The van der Waals surface area contributed by atoms with Crippen molar-refractivity contribution >= 4 is 29.2 Å². The fraction of sp³-hybridized carbons (Fsp3) is 0.348. The van der Waals surface area contributed by atoms with Gasteiger partial charge in [0.05, 0.1) is 10.6 Å². The summed E-state index contributed by atoms with van der Waals surface area (Å²) >= 11 is 0.969. The van der Waals surface area contributed by atoms with Crippen LogP contribution in [0.5, 0.6) is 0 Å². The lowest BCUT2D eigenvalue weighted by atomic mass is 10.1. The van der Waals surface area contributed by atoms with Crippen LogP contribution in [0, 0.1) is 5.13 Å². The van der Waals surface area contributed by atoms with Crippen molar-refractivity contribution in [2.75, 3.05) is 11.9 Å². The number of imidazole rings is 1. The third kappa shape index (κ3) is 4.83. The van der Waals surface area contributed by atoms with Crippen molar-refractivity contribution in [3.63, 3.8) is 0 Å². The molecule has 1 atom stereocenters. The highest BCUT2D eigenvalue weighted by molar-refractivity contribution is 7.13. The van der Waals surface area contributed by atoms with Gasteiger partial charge in [0.1, 0.15) is 11.6 Å². The third-order valence-corrected chi connectivity index (χ3v) is 5.88. The van der Waals surface area contributed by atoms with Crippen LogP contribution in [0.25, 0.3) is 22.0 Å². The van der Waals surface area contributed by atoms with Gasteiger partial charge in [-0.3, -0.25) is 9.69 Å². The molecule has 32 heavy (non-hydrogen) atoms. The molecule has 1 fully saturated rings. The summed E-state index contributed by atoms with van der Waals surface area (Å²) in [6.45, 7) is 5.83. The monoisotopic (exact) mass is 456 g/mol. The maximum Gasteiger partial charge on any atom is 0.410 e. The van der Waals surface area contributed by atoms with Gasteiger partial charge in [0, 0.05) is 12.1 Å². The Bertz CT molecular complexity index is 1120. The molecule has 2 aromatic heterocycles. The number of nitrogens with zero attached hydrogens (tertiary/aromatic N) is 2. The fourth-order valence-electron chi connectivity index (χ4n) is 3.61. The highest BCUT2D eigenvalue weighted by Gasteiger charge is 2.37. The molecule has 3 aromatic rings. The van der Waals surface area contributed by atoms with Gasteiger partial charge in [-0.05, 0) is 45.7 Å². The molecule has 168 valence electrons. The van der Waals surface area contributed by atoms with Crippen molar-refractivity contribution in [2.24, 2.45) is 0 Å². The average molecular weight is 457 g/mol. The first-order valence-corrected chi connectivity index (χ1v) is 11.2. The number of anilines is 1. The molecule has 2 amide bonds. The number of aromatic nitrogens is 2. The standard InChI is InChI=1S/C23H25FN4O3S/c1-23(2,3)31-22(30)28-13-7-10-15(28)21(29)27-20-18(14-8-5-4-6-9-14)25-19(26-20)16-11-12-17(24)32-16/h4-6,8-9,11-12,15H,7,10,13H2,1-3H3,(H,25,26)(H,27,29)/t15-/m1/s1. The summed E-state index contributed by atoms with van der Waals surface area (Å²) in [6.07, 6.45) is 0.748. The average Bonchev–Trinajstić information content (AvgIpc) is 3.46. The molecule has 1 aliphatic heterocycles. The Kier molecular flexibility index (Phi) is 6.01. The van der Waals surface area contributed by atoms with Gasteiger partial charge in [-0.2, -0.15) is 4.39 Å². The van der Waals surface area contributed by atoms with Crippen LogP contribution < -0.4 is 5.32 Å². The number of carbonyl (C=O) groups excluding carboxylic acids is 2. The van der Waals surface area contributed by atoms with E-state index in [9.17, 15) is 14.0 Å². The molecule has 7 nitrogen and oxygen atoms in total. The summed E-state index contributed by atoms with van der Waals surface area (Å²) in [4.78, 5) is 35.6. The first-order chi connectivity index (χ1) is 15.2. The molecule has 0 aliphatic carbocycles. The Morgan fingerprint density at radius 1 is 1.22 bits per heavy atom. The lowest BCUT2D eigenvalue weighted by Crippen LogP contribution is -2.45. The number of thiophene rings is 1. The molecule has 9 heteroatoms. The van der Waals surface area contributed by atoms with E-state index >= 15 is 0 Å². The zero-order valence-corrected chi connectivity index (χ0v) is 19.0. The van der Waals surface area contributed by atoms with E-state index in [2.05, 4.69) is 15.3 Å². The Labute approximate surface area is 189 Å². The van der Waals surface area contributed by atoms with Gasteiger partial charge in [-0.15, -0.1) is 11.3 Å². The van der Waals surface area contributed by atoms with Gasteiger partial charge in [-0.1, -0.05) is 30.3 Å². The largest absolute Gasteiger partial charge is 0.444 e. The minimum atomic E-state index is -0.646. The Morgan fingerprint density at radius 3 is 2.62 bits per heavy atom. The molecule has 0 bridgehead atoms. The first-order valence-electron chi connectivity index (χ1n) is 10.4. The molecule has 3 heterocycles. The number of amides is 2. The van der Waals surface area contributed by atoms with Crippen molar-refractivity contribution in [2.45, 2.75) is 45.3 Å².